The molecule has 2 aliphatic rings. The molecule has 0 unspecified atom stereocenters. The Hall–Kier alpha value is -3.53. The van der Waals surface area contributed by atoms with E-state index >= 15 is 0 Å². The van der Waals surface area contributed by atoms with Crippen LogP contribution in [0.2, 0.25) is 0 Å². The topological polar surface area (TPSA) is 98.0 Å². The molecule has 0 bridgehead atoms. The van der Waals surface area contributed by atoms with Gasteiger partial charge in [0, 0.05) is 31.7 Å². The van der Waals surface area contributed by atoms with E-state index in [4.69, 9.17) is 13.9 Å². The molecule has 2 aliphatic heterocycles. The molecule has 5 rings (SSSR count). The summed E-state index contributed by atoms with van der Waals surface area (Å²) in [6.07, 6.45) is -0.672. The van der Waals surface area contributed by atoms with Gasteiger partial charge >= 0.3 is 0 Å². The number of ether oxygens (including phenoxy) is 2. The van der Waals surface area contributed by atoms with Crippen molar-refractivity contribution < 1.29 is 23.5 Å². The van der Waals surface area contributed by atoms with Crippen molar-refractivity contribution in [2.45, 2.75) is 11.3 Å². The van der Waals surface area contributed by atoms with Gasteiger partial charge in [0.15, 0.2) is 11.5 Å². The Kier molecular flexibility index (Phi) is 6.16. The Labute approximate surface area is 194 Å². The van der Waals surface area contributed by atoms with Gasteiger partial charge in [-0.2, -0.15) is 0 Å². The molecule has 0 N–H and O–H groups in total. The largest absolute Gasteiger partial charge is 0.485 e. The summed E-state index contributed by atoms with van der Waals surface area (Å²) in [6.45, 7) is 2.02. The van der Waals surface area contributed by atoms with Gasteiger partial charge in [0.25, 0.3) is 11.1 Å². The number of para-hydroxylation sites is 2. The van der Waals surface area contributed by atoms with Crippen LogP contribution in [0.5, 0.6) is 11.5 Å². The van der Waals surface area contributed by atoms with Crippen LogP contribution in [0.1, 0.15) is 0 Å². The highest BCUT2D eigenvalue weighted by Crippen LogP contribution is 2.31. The number of carbonyl (C=O) groups is 2. The first-order valence-electron chi connectivity index (χ1n) is 10.6. The quantitative estimate of drug-likeness (QED) is 0.529. The minimum atomic E-state index is -0.672. The molecule has 0 saturated carbocycles. The van der Waals surface area contributed by atoms with Gasteiger partial charge in [-0.1, -0.05) is 42.1 Å². The van der Waals surface area contributed by atoms with Crippen molar-refractivity contribution in [1.29, 1.82) is 0 Å². The summed E-state index contributed by atoms with van der Waals surface area (Å²) >= 11 is 1.21. The van der Waals surface area contributed by atoms with Gasteiger partial charge in [0.2, 0.25) is 17.9 Å². The molecule has 1 saturated heterocycles. The summed E-state index contributed by atoms with van der Waals surface area (Å²) in [6, 6.07) is 16.8. The SMILES string of the molecule is O=C(CSc1nnc(-c2ccccc2)o1)N1CCN(C(=O)[C@@H]2COc3ccccc3O2)CC1. The lowest BCUT2D eigenvalue weighted by Gasteiger charge is -2.37. The Morgan fingerprint density at radius 1 is 0.909 bits per heavy atom. The molecule has 170 valence electrons. The minimum Gasteiger partial charge on any atom is -0.485 e. The van der Waals surface area contributed by atoms with Crippen LogP contribution in [0, 0.1) is 0 Å². The standard InChI is InChI=1S/C23H22N4O5S/c28-20(15-33-23-25-24-21(32-23)16-6-2-1-3-7-16)26-10-12-27(13-11-26)22(29)19-14-30-17-8-4-5-9-18(17)31-19/h1-9,19H,10-15H2/t19-/m0/s1. The molecule has 1 fully saturated rings. The number of carbonyl (C=O) groups excluding carboxylic acids is 2. The number of hydrogen-bond acceptors (Lipinski definition) is 8. The van der Waals surface area contributed by atoms with Gasteiger partial charge in [-0.05, 0) is 24.3 Å². The molecule has 2 aromatic carbocycles. The summed E-state index contributed by atoms with van der Waals surface area (Å²) in [7, 11) is 0. The Balaban J connectivity index is 1.09. The number of fused-ring (bicyclic) bond motifs is 1. The fraction of sp³-hybridized carbons (Fsp3) is 0.304. The molecule has 33 heavy (non-hydrogen) atoms. The van der Waals surface area contributed by atoms with E-state index in [1.807, 2.05) is 48.5 Å². The van der Waals surface area contributed by atoms with E-state index in [0.717, 1.165) is 5.56 Å². The van der Waals surface area contributed by atoms with E-state index < -0.39 is 6.10 Å². The molecule has 0 spiro atoms. The van der Waals surface area contributed by atoms with Gasteiger partial charge in [-0.15, -0.1) is 10.2 Å². The first-order valence-corrected chi connectivity index (χ1v) is 11.6. The van der Waals surface area contributed by atoms with Crippen LogP contribution in [-0.2, 0) is 9.59 Å². The molecule has 9 nitrogen and oxygen atoms in total. The average Bonchev–Trinajstić information content (AvgIpc) is 3.36. The summed E-state index contributed by atoms with van der Waals surface area (Å²) in [5.74, 6) is 1.69. The van der Waals surface area contributed by atoms with Crippen LogP contribution in [-0.4, -0.2) is 76.5 Å². The van der Waals surface area contributed by atoms with Gasteiger partial charge in [0.05, 0.1) is 5.75 Å². The van der Waals surface area contributed by atoms with Crippen LogP contribution in [0.25, 0.3) is 11.5 Å². The molecular formula is C23H22N4O5S. The van der Waals surface area contributed by atoms with Crippen molar-refractivity contribution in [3.05, 3.63) is 54.6 Å². The summed E-state index contributed by atoms with van der Waals surface area (Å²) in [4.78, 5) is 29.0. The van der Waals surface area contributed by atoms with Gasteiger partial charge in [0.1, 0.15) is 6.61 Å². The van der Waals surface area contributed by atoms with Crippen molar-refractivity contribution in [3.63, 3.8) is 0 Å². The predicted molar refractivity (Wildman–Crippen MR) is 120 cm³/mol. The first kappa shape index (κ1) is 21.3. The molecular weight excluding hydrogens is 444 g/mol. The van der Waals surface area contributed by atoms with Gasteiger partial charge < -0.3 is 23.7 Å². The molecule has 1 atom stereocenters. The van der Waals surface area contributed by atoms with Crippen LogP contribution in [0.3, 0.4) is 0 Å². The summed E-state index contributed by atoms with van der Waals surface area (Å²) < 4.78 is 17.1. The third-order valence-electron chi connectivity index (χ3n) is 5.47. The maximum absolute atomic E-state index is 12.9. The van der Waals surface area contributed by atoms with Crippen molar-refractivity contribution in [2.75, 3.05) is 38.5 Å². The van der Waals surface area contributed by atoms with Crippen LogP contribution in [0.15, 0.2) is 64.2 Å². The Morgan fingerprint density at radius 2 is 1.61 bits per heavy atom. The highest BCUT2D eigenvalue weighted by molar-refractivity contribution is 7.99. The lowest BCUT2D eigenvalue weighted by Crippen LogP contribution is -2.55. The van der Waals surface area contributed by atoms with E-state index in [-0.39, 0.29) is 24.2 Å². The van der Waals surface area contributed by atoms with E-state index in [1.165, 1.54) is 11.8 Å². The molecule has 0 radical (unpaired) electrons. The number of aromatic nitrogens is 2. The monoisotopic (exact) mass is 466 g/mol. The third-order valence-corrected chi connectivity index (χ3v) is 6.28. The van der Waals surface area contributed by atoms with Crippen molar-refractivity contribution in [3.8, 4) is 23.0 Å². The Morgan fingerprint density at radius 3 is 2.39 bits per heavy atom. The number of amides is 2. The molecule has 10 heteroatoms. The number of rotatable bonds is 5. The van der Waals surface area contributed by atoms with Crippen molar-refractivity contribution >= 4 is 23.6 Å². The number of piperazine rings is 1. The average molecular weight is 467 g/mol. The lowest BCUT2D eigenvalue weighted by atomic mass is 10.2. The van der Waals surface area contributed by atoms with Crippen molar-refractivity contribution in [1.82, 2.24) is 20.0 Å². The van der Waals surface area contributed by atoms with E-state index in [9.17, 15) is 9.59 Å². The molecule has 2 amide bonds. The smallest absolute Gasteiger partial charge is 0.277 e. The summed E-state index contributed by atoms with van der Waals surface area (Å²) in [5.41, 5.74) is 0.833. The molecule has 1 aromatic heterocycles. The second kappa shape index (κ2) is 9.53. The maximum Gasteiger partial charge on any atom is 0.277 e. The van der Waals surface area contributed by atoms with Crippen LogP contribution in [0.4, 0.5) is 0 Å². The number of nitrogens with zero attached hydrogens (tertiary/aromatic N) is 4. The fourth-order valence-electron chi connectivity index (χ4n) is 3.70. The second-order valence-corrected chi connectivity index (χ2v) is 8.52. The maximum atomic E-state index is 12.9. The zero-order chi connectivity index (χ0) is 22.6. The molecule has 3 aromatic rings. The lowest BCUT2D eigenvalue weighted by molar-refractivity contribution is -0.145. The van der Waals surface area contributed by atoms with E-state index in [1.54, 1.807) is 15.9 Å². The Bertz CT molecular complexity index is 1130. The zero-order valence-corrected chi connectivity index (χ0v) is 18.6. The van der Waals surface area contributed by atoms with Gasteiger partial charge in [-0.3, -0.25) is 9.59 Å². The first-order chi connectivity index (χ1) is 16.2. The van der Waals surface area contributed by atoms with Gasteiger partial charge in [-0.25, -0.2) is 0 Å². The number of benzene rings is 2. The van der Waals surface area contributed by atoms with Crippen molar-refractivity contribution in [2.24, 2.45) is 0 Å². The second-order valence-electron chi connectivity index (χ2n) is 7.60. The van der Waals surface area contributed by atoms with E-state index in [2.05, 4.69) is 10.2 Å². The van der Waals surface area contributed by atoms with E-state index in [0.29, 0.717) is 48.8 Å². The predicted octanol–water partition coefficient (Wildman–Crippen LogP) is 2.34. The number of thioether (sulfide) groups is 1. The molecule has 3 heterocycles. The summed E-state index contributed by atoms with van der Waals surface area (Å²) in [5, 5.41) is 8.40. The third kappa shape index (κ3) is 4.80. The molecule has 0 aliphatic carbocycles. The zero-order valence-electron chi connectivity index (χ0n) is 17.8. The number of hydrogen-bond donors (Lipinski definition) is 0. The highest BCUT2D eigenvalue weighted by atomic mass is 32.2. The van der Waals surface area contributed by atoms with Crippen LogP contribution < -0.4 is 9.47 Å². The highest BCUT2D eigenvalue weighted by Gasteiger charge is 2.33. The minimum absolute atomic E-state index is 0.0299. The van der Waals surface area contributed by atoms with Crippen LogP contribution >= 0.6 is 11.8 Å². The fourth-order valence-corrected chi connectivity index (χ4v) is 4.37. The normalized spacial score (nSPS) is 17.6.